The highest BCUT2D eigenvalue weighted by Crippen LogP contribution is 2.17. The number of hydrogen-bond acceptors (Lipinski definition) is 2. The summed E-state index contributed by atoms with van der Waals surface area (Å²) >= 11 is 11.5. The third-order valence-corrected chi connectivity index (χ3v) is 6.06. The summed E-state index contributed by atoms with van der Waals surface area (Å²) in [5, 5.41) is -0.317. The molecule has 0 saturated heterocycles. The lowest BCUT2D eigenvalue weighted by atomic mass is 9.97. The molecule has 2 unspecified atom stereocenters. The van der Waals surface area contributed by atoms with Gasteiger partial charge < -0.3 is 0 Å². The lowest BCUT2D eigenvalue weighted by Gasteiger charge is -2.10. The Kier molecular flexibility index (Phi) is 11.3. The Balaban J connectivity index is 0.000000534. The minimum atomic E-state index is -0.317. The Morgan fingerprint density at radius 3 is 1.82 bits per heavy atom. The smallest absolute Gasteiger partial charge is 0.235 e. The lowest BCUT2D eigenvalue weighted by molar-refractivity contribution is -0.117. The molecule has 0 saturated carbocycles. The van der Waals surface area contributed by atoms with Crippen LogP contribution in [0.2, 0.25) is 0 Å². The van der Waals surface area contributed by atoms with Gasteiger partial charge in [-0.1, -0.05) is 63.9 Å². The van der Waals surface area contributed by atoms with E-state index in [0.29, 0.717) is 6.42 Å². The minimum Gasteiger partial charge on any atom is -0.298 e. The van der Waals surface area contributed by atoms with Crippen LogP contribution in [0.3, 0.4) is 0 Å². The van der Waals surface area contributed by atoms with Crippen molar-refractivity contribution in [3.8, 4) is 0 Å². The summed E-state index contributed by atoms with van der Waals surface area (Å²) in [6, 6.07) is 6.15. The van der Waals surface area contributed by atoms with Gasteiger partial charge in [-0.3, -0.25) is 9.59 Å². The lowest BCUT2D eigenvalue weighted by Crippen LogP contribution is -2.16. The van der Waals surface area contributed by atoms with Gasteiger partial charge in [-0.25, -0.2) is 0 Å². The van der Waals surface area contributed by atoms with E-state index in [4.69, 9.17) is 11.6 Å². The number of carbonyl (C=O) groups is 2. The van der Waals surface area contributed by atoms with E-state index in [-0.39, 0.29) is 20.7 Å². The summed E-state index contributed by atoms with van der Waals surface area (Å²) < 4.78 is 0. The van der Waals surface area contributed by atoms with E-state index >= 15 is 0 Å². The number of hydrogen-bond donors (Lipinski definition) is 0. The normalized spacial score (nSPS) is 12.9. The SMILES string of the molecule is CCC(Br)C(=O)Cc1c(C)cccc1C.CCC(Br)C(=O)Cl. The molecule has 0 spiro atoms. The molecule has 1 rings (SSSR count). The fourth-order valence-corrected chi connectivity index (χ4v) is 2.12. The van der Waals surface area contributed by atoms with Crippen molar-refractivity contribution in [2.24, 2.45) is 0 Å². The van der Waals surface area contributed by atoms with Crippen LogP contribution >= 0.6 is 43.5 Å². The third kappa shape index (κ3) is 7.89. The van der Waals surface area contributed by atoms with Gasteiger partial charge in [0, 0.05) is 6.42 Å². The fraction of sp³-hybridized carbons (Fsp3) is 0.529. The van der Waals surface area contributed by atoms with Gasteiger partial charge in [-0.2, -0.15) is 0 Å². The van der Waals surface area contributed by atoms with Crippen LogP contribution in [0.5, 0.6) is 0 Å². The molecular formula is C17H23Br2ClO2. The fourth-order valence-electron chi connectivity index (χ4n) is 1.80. The highest BCUT2D eigenvalue weighted by atomic mass is 79.9. The maximum Gasteiger partial charge on any atom is 0.235 e. The molecule has 0 aliphatic heterocycles. The Morgan fingerprint density at radius 1 is 1.05 bits per heavy atom. The molecule has 2 nitrogen and oxygen atoms in total. The van der Waals surface area contributed by atoms with Crippen LogP contribution in [-0.2, 0) is 16.0 Å². The van der Waals surface area contributed by atoms with E-state index in [1.54, 1.807) is 0 Å². The molecule has 0 heterocycles. The molecule has 0 aliphatic rings. The largest absolute Gasteiger partial charge is 0.298 e. The van der Waals surface area contributed by atoms with Crippen molar-refractivity contribution in [3.63, 3.8) is 0 Å². The van der Waals surface area contributed by atoms with Crippen LogP contribution < -0.4 is 0 Å². The highest BCUT2D eigenvalue weighted by Gasteiger charge is 2.15. The molecule has 1 aromatic carbocycles. The molecule has 5 heteroatoms. The van der Waals surface area contributed by atoms with Crippen molar-refractivity contribution in [3.05, 3.63) is 34.9 Å². The zero-order valence-electron chi connectivity index (χ0n) is 13.5. The van der Waals surface area contributed by atoms with Crippen molar-refractivity contribution < 1.29 is 9.59 Å². The Labute approximate surface area is 155 Å². The number of alkyl halides is 2. The third-order valence-electron chi connectivity index (χ3n) is 3.31. The zero-order chi connectivity index (χ0) is 17.3. The van der Waals surface area contributed by atoms with Crippen LogP contribution in [0.15, 0.2) is 18.2 Å². The number of Topliss-reactive ketones (excluding diaryl/α,β-unsaturated/α-hetero) is 1. The molecule has 22 heavy (non-hydrogen) atoms. The van der Waals surface area contributed by atoms with E-state index < -0.39 is 0 Å². The van der Waals surface area contributed by atoms with E-state index in [1.807, 2.05) is 19.9 Å². The van der Waals surface area contributed by atoms with Crippen molar-refractivity contribution in [2.45, 2.75) is 56.6 Å². The second-order valence-corrected chi connectivity index (χ2v) is 7.65. The second kappa shape index (κ2) is 11.4. The maximum absolute atomic E-state index is 11.8. The standard InChI is InChI=1S/C13H17BrO.C4H6BrClO/c1-4-12(14)13(15)8-11-9(2)6-5-7-10(11)3;1-2-3(5)4(6)7/h5-7,12H,4,8H2,1-3H3;3H,2H2,1H3. The average molecular weight is 455 g/mol. The van der Waals surface area contributed by atoms with Gasteiger partial charge >= 0.3 is 0 Å². The van der Waals surface area contributed by atoms with Crippen LogP contribution in [0, 0.1) is 13.8 Å². The van der Waals surface area contributed by atoms with Gasteiger partial charge in [0.1, 0.15) is 0 Å². The first-order valence-corrected chi connectivity index (χ1v) is 9.50. The van der Waals surface area contributed by atoms with Crippen molar-refractivity contribution in [1.29, 1.82) is 0 Å². The van der Waals surface area contributed by atoms with Gasteiger partial charge in [-0.05, 0) is 55.0 Å². The van der Waals surface area contributed by atoms with Gasteiger partial charge in [0.2, 0.25) is 5.24 Å². The van der Waals surface area contributed by atoms with Gasteiger partial charge in [0.15, 0.2) is 5.78 Å². The van der Waals surface area contributed by atoms with Crippen LogP contribution in [-0.4, -0.2) is 20.7 Å². The molecule has 1 aromatic rings. The number of halogens is 3. The summed E-state index contributed by atoms with van der Waals surface area (Å²) in [6.45, 7) is 8.03. The topological polar surface area (TPSA) is 34.1 Å². The Morgan fingerprint density at radius 2 is 1.50 bits per heavy atom. The number of rotatable bonds is 6. The molecular weight excluding hydrogens is 431 g/mol. The summed E-state index contributed by atoms with van der Waals surface area (Å²) in [5.41, 5.74) is 3.60. The summed E-state index contributed by atoms with van der Waals surface area (Å²) in [7, 11) is 0. The van der Waals surface area contributed by atoms with E-state index in [1.165, 1.54) is 16.7 Å². The first kappa shape index (κ1) is 21.8. The van der Waals surface area contributed by atoms with E-state index in [0.717, 1.165) is 12.8 Å². The predicted octanol–water partition coefficient (Wildman–Crippen LogP) is 5.51. The number of aryl methyl sites for hydroxylation is 2. The summed E-state index contributed by atoms with van der Waals surface area (Å²) in [4.78, 5) is 21.7. The molecule has 0 fully saturated rings. The molecule has 0 radical (unpaired) electrons. The number of ketones is 1. The second-order valence-electron chi connectivity index (χ2n) is 5.07. The van der Waals surface area contributed by atoms with Crippen molar-refractivity contribution in [2.75, 3.05) is 0 Å². The first-order chi connectivity index (χ1) is 10.2. The monoisotopic (exact) mass is 452 g/mol. The number of benzene rings is 1. The van der Waals surface area contributed by atoms with Gasteiger partial charge in [-0.15, -0.1) is 0 Å². The predicted molar refractivity (Wildman–Crippen MR) is 101 cm³/mol. The van der Waals surface area contributed by atoms with Crippen LogP contribution in [0.25, 0.3) is 0 Å². The molecule has 0 amide bonds. The zero-order valence-corrected chi connectivity index (χ0v) is 17.4. The first-order valence-electron chi connectivity index (χ1n) is 7.29. The van der Waals surface area contributed by atoms with Crippen molar-refractivity contribution in [1.82, 2.24) is 0 Å². The molecule has 0 N–H and O–H groups in total. The van der Waals surface area contributed by atoms with E-state index in [9.17, 15) is 9.59 Å². The molecule has 0 bridgehead atoms. The van der Waals surface area contributed by atoms with Crippen LogP contribution in [0.4, 0.5) is 0 Å². The average Bonchev–Trinajstić information content (AvgIpc) is 2.49. The van der Waals surface area contributed by atoms with E-state index in [2.05, 4.69) is 57.8 Å². The molecule has 124 valence electrons. The summed E-state index contributed by atoms with van der Waals surface area (Å²) in [5.74, 6) is 0.273. The quantitative estimate of drug-likeness (QED) is 0.419. The maximum atomic E-state index is 11.8. The van der Waals surface area contributed by atoms with Crippen LogP contribution in [0.1, 0.15) is 43.4 Å². The van der Waals surface area contributed by atoms with Gasteiger partial charge in [0.25, 0.3) is 0 Å². The summed E-state index contributed by atoms with van der Waals surface area (Å²) in [6.07, 6.45) is 2.15. The molecule has 0 aliphatic carbocycles. The Bertz CT molecular complexity index is 483. The number of carbonyl (C=O) groups excluding carboxylic acids is 2. The molecule has 0 aromatic heterocycles. The van der Waals surface area contributed by atoms with Gasteiger partial charge in [0.05, 0.1) is 9.65 Å². The molecule has 2 atom stereocenters. The minimum absolute atomic E-state index is 0.00324. The Hall–Kier alpha value is -0.190. The van der Waals surface area contributed by atoms with Crippen molar-refractivity contribution >= 4 is 54.5 Å². The highest BCUT2D eigenvalue weighted by molar-refractivity contribution is 9.10.